The highest BCUT2D eigenvalue weighted by Gasteiger charge is 2.45. The summed E-state index contributed by atoms with van der Waals surface area (Å²) in [5.41, 5.74) is 0. The highest BCUT2D eigenvalue weighted by molar-refractivity contribution is 5.73. The lowest BCUT2D eigenvalue weighted by atomic mass is 9.97. The molecule has 1 heterocycles. The van der Waals surface area contributed by atoms with Crippen molar-refractivity contribution in [2.75, 3.05) is 20.8 Å². The number of carbonyl (C=O) groups is 1. The topological polar surface area (TPSA) is 97.2 Å². The maximum Gasteiger partial charge on any atom is 0.217 e. The van der Waals surface area contributed by atoms with E-state index in [1.807, 2.05) is 0 Å². The van der Waals surface area contributed by atoms with Crippen LogP contribution in [0.2, 0.25) is 0 Å². The van der Waals surface area contributed by atoms with Gasteiger partial charge in [-0.1, -0.05) is 0 Å². The van der Waals surface area contributed by atoms with Gasteiger partial charge in [0.15, 0.2) is 6.29 Å². The average molecular weight is 249 g/mol. The zero-order chi connectivity index (χ0) is 13.0. The molecule has 7 heteroatoms. The van der Waals surface area contributed by atoms with Crippen molar-refractivity contribution in [2.24, 2.45) is 0 Å². The molecule has 0 aromatic heterocycles. The fourth-order valence-corrected chi connectivity index (χ4v) is 1.92. The number of ether oxygens (including phenoxy) is 3. The minimum Gasteiger partial charge on any atom is -0.388 e. The standard InChI is InChI=1S/C10H19NO6/c1-5(12)11-7-8(13)9(16-3)6(4-15-2)17-10(7)14/h6-10,13-14H,4H2,1-3H3,(H,11,12)/t6?,7?,8-,9-,10-/m1/s1. The van der Waals surface area contributed by atoms with Crippen molar-refractivity contribution in [3.05, 3.63) is 0 Å². The molecule has 0 spiro atoms. The highest BCUT2D eigenvalue weighted by Crippen LogP contribution is 2.22. The molecule has 1 aliphatic rings. The fourth-order valence-electron chi connectivity index (χ4n) is 1.92. The van der Waals surface area contributed by atoms with Crippen LogP contribution in [0.15, 0.2) is 0 Å². The van der Waals surface area contributed by atoms with Gasteiger partial charge in [0.2, 0.25) is 5.91 Å². The van der Waals surface area contributed by atoms with Gasteiger partial charge in [-0.15, -0.1) is 0 Å². The molecule has 0 saturated carbocycles. The van der Waals surface area contributed by atoms with Gasteiger partial charge in [-0.3, -0.25) is 4.79 Å². The SMILES string of the molecule is COCC1O[C@@H](O)C(NC(C)=O)[C@@H](O)[C@@H]1OC. The molecule has 2 unspecified atom stereocenters. The first-order valence-electron chi connectivity index (χ1n) is 5.31. The van der Waals surface area contributed by atoms with Crippen LogP contribution < -0.4 is 5.32 Å². The monoisotopic (exact) mass is 249 g/mol. The lowest BCUT2D eigenvalue weighted by Gasteiger charge is -2.42. The third kappa shape index (κ3) is 3.36. The second-order valence-corrected chi connectivity index (χ2v) is 3.94. The van der Waals surface area contributed by atoms with Crippen molar-refractivity contribution < 1.29 is 29.2 Å². The third-order valence-electron chi connectivity index (χ3n) is 2.67. The highest BCUT2D eigenvalue weighted by atomic mass is 16.6. The molecule has 1 aliphatic heterocycles. The molecule has 1 fully saturated rings. The number of aliphatic hydroxyl groups excluding tert-OH is 2. The van der Waals surface area contributed by atoms with E-state index in [0.717, 1.165) is 0 Å². The molecular weight excluding hydrogens is 230 g/mol. The van der Waals surface area contributed by atoms with Gasteiger partial charge in [0.1, 0.15) is 24.4 Å². The summed E-state index contributed by atoms with van der Waals surface area (Å²) < 4.78 is 15.3. The predicted octanol–water partition coefficient (Wildman–Crippen LogP) is -1.77. The number of carbonyl (C=O) groups excluding carboxylic acids is 1. The molecule has 0 aliphatic carbocycles. The molecule has 0 radical (unpaired) electrons. The van der Waals surface area contributed by atoms with Crippen LogP contribution in [0.4, 0.5) is 0 Å². The van der Waals surface area contributed by atoms with Crippen molar-refractivity contribution in [1.29, 1.82) is 0 Å². The van der Waals surface area contributed by atoms with E-state index >= 15 is 0 Å². The average Bonchev–Trinajstić information content (AvgIpc) is 2.24. The Bertz CT molecular complexity index is 261. The molecule has 1 saturated heterocycles. The normalized spacial score (nSPS) is 37.8. The third-order valence-corrected chi connectivity index (χ3v) is 2.67. The van der Waals surface area contributed by atoms with Crippen LogP contribution in [-0.2, 0) is 19.0 Å². The van der Waals surface area contributed by atoms with Crippen LogP contribution >= 0.6 is 0 Å². The Morgan fingerprint density at radius 3 is 2.53 bits per heavy atom. The van der Waals surface area contributed by atoms with Crippen molar-refractivity contribution in [1.82, 2.24) is 5.32 Å². The van der Waals surface area contributed by atoms with Gasteiger partial charge in [-0.25, -0.2) is 0 Å². The zero-order valence-corrected chi connectivity index (χ0v) is 10.1. The van der Waals surface area contributed by atoms with Gasteiger partial charge >= 0.3 is 0 Å². The molecule has 100 valence electrons. The van der Waals surface area contributed by atoms with Crippen LogP contribution in [-0.4, -0.2) is 67.6 Å². The summed E-state index contributed by atoms with van der Waals surface area (Å²) in [5, 5.41) is 22.1. The van der Waals surface area contributed by atoms with Gasteiger partial charge in [-0.2, -0.15) is 0 Å². The first kappa shape index (κ1) is 14.3. The number of aliphatic hydroxyl groups is 2. The molecule has 0 aromatic carbocycles. The van der Waals surface area contributed by atoms with Gasteiger partial charge < -0.3 is 29.7 Å². The number of methoxy groups -OCH3 is 2. The van der Waals surface area contributed by atoms with E-state index in [0.29, 0.717) is 0 Å². The minimum absolute atomic E-state index is 0.180. The molecule has 5 atom stereocenters. The Hall–Kier alpha value is -0.730. The molecule has 7 nitrogen and oxygen atoms in total. The molecule has 0 aromatic rings. The van der Waals surface area contributed by atoms with E-state index in [2.05, 4.69) is 5.32 Å². The number of hydrogen-bond donors (Lipinski definition) is 3. The van der Waals surface area contributed by atoms with Gasteiger partial charge in [-0.05, 0) is 0 Å². The predicted molar refractivity (Wildman–Crippen MR) is 57.2 cm³/mol. The summed E-state index contributed by atoms with van der Waals surface area (Å²) in [6.45, 7) is 1.47. The van der Waals surface area contributed by atoms with Crippen molar-refractivity contribution in [2.45, 2.75) is 37.6 Å². The Kier molecular flexibility index (Phi) is 5.29. The zero-order valence-electron chi connectivity index (χ0n) is 10.1. The van der Waals surface area contributed by atoms with Crippen molar-refractivity contribution >= 4 is 5.91 Å². The van der Waals surface area contributed by atoms with Gasteiger partial charge in [0, 0.05) is 21.1 Å². The summed E-state index contributed by atoms with van der Waals surface area (Å²) in [7, 11) is 2.90. The number of amides is 1. The Balaban J connectivity index is 2.75. The summed E-state index contributed by atoms with van der Waals surface area (Å²) in [6.07, 6.45) is -3.61. The Labute approximate surface area is 99.7 Å². The van der Waals surface area contributed by atoms with E-state index in [-0.39, 0.29) is 12.5 Å². The summed E-state index contributed by atoms with van der Waals surface area (Å²) in [5.74, 6) is -0.364. The van der Waals surface area contributed by atoms with Gasteiger partial charge in [0.25, 0.3) is 0 Å². The maximum atomic E-state index is 11.0. The second-order valence-electron chi connectivity index (χ2n) is 3.94. The van der Waals surface area contributed by atoms with E-state index in [4.69, 9.17) is 14.2 Å². The van der Waals surface area contributed by atoms with Crippen LogP contribution in [0.25, 0.3) is 0 Å². The Morgan fingerprint density at radius 1 is 1.41 bits per heavy atom. The summed E-state index contributed by atoms with van der Waals surface area (Å²) >= 11 is 0. The van der Waals surface area contributed by atoms with E-state index in [1.54, 1.807) is 0 Å². The Morgan fingerprint density at radius 2 is 2.06 bits per heavy atom. The van der Waals surface area contributed by atoms with Crippen LogP contribution in [0.1, 0.15) is 6.92 Å². The molecule has 1 rings (SSSR count). The smallest absolute Gasteiger partial charge is 0.217 e. The summed E-state index contributed by atoms with van der Waals surface area (Å²) in [4.78, 5) is 11.0. The first-order valence-corrected chi connectivity index (χ1v) is 5.31. The fraction of sp³-hybridized carbons (Fsp3) is 0.900. The lowest BCUT2D eigenvalue weighted by molar-refractivity contribution is -0.260. The second kappa shape index (κ2) is 6.27. The van der Waals surface area contributed by atoms with Crippen molar-refractivity contribution in [3.63, 3.8) is 0 Å². The lowest BCUT2D eigenvalue weighted by Crippen LogP contribution is -2.64. The molecular formula is C10H19NO6. The van der Waals surface area contributed by atoms with Gasteiger partial charge in [0.05, 0.1) is 6.61 Å². The number of nitrogens with one attached hydrogen (secondary N) is 1. The number of hydrogen-bond acceptors (Lipinski definition) is 6. The number of rotatable bonds is 4. The molecule has 0 bridgehead atoms. The molecule has 17 heavy (non-hydrogen) atoms. The van der Waals surface area contributed by atoms with E-state index < -0.39 is 30.6 Å². The van der Waals surface area contributed by atoms with Crippen LogP contribution in [0, 0.1) is 0 Å². The first-order chi connectivity index (χ1) is 8.01. The largest absolute Gasteiger partial charge is 0.388 e. The van der Waals surface area contributed by atoms with Crippen LogP contribution in [0.5, 0.6) is 0 Å². The maximum absolute atomic E-state index is 11.0. The van der Waals surface area contributed by atoms with E-state index in [9.17, 15) is 15.0 Å². The quantitative estimate of drug-likeness (QED) is 0.545. The summed E-state index contributed by atoms with van der Waals surface area (Å²) in [6, 6.07) is -0.912. The molecule has 1 amide bonds. The van der Waals surface area contributed by atoms with Crippen LogP contribution in [0.3, 0.4) is 0 Å². The molecule has 3 N–H and O–H groups in total. The minimum atomic E-state index is -1.29. The van der Waals surface area contributed by atoms with Crippen molar-refractivity contribution in [3.8, 4) is 0 Å². The van der Waals surface area contributed by atoms with E-state index in [1.165, 1.54) is 21.1 Å².